The van der Waals surface area contributed by atoms with Gasteiger partial charge < -0.3 is 10.1 Å². The van der Waals surface area contributed by atoms with Crippen LogP contribution < -0.4 is 5.32 Å². The number of hydrogen-bond acceptors (Lipinski definition) is 2. The summed E-state index contributed by atoms with van der Waals surface area (Å²) in [6.45, 7) is 4.05. The molecule has 1 aliphatic heterocycles. The summed E-state index contributed by atoms with van der Waals surface area (Å²) >= 11 is 0. The van der Waals surface area contributed by atoms with E-state index < -0.39 is 0 Å². The van der Waals surface area contributed by atoms with Crippen LogP contribution in [0.25, 0.3) is 0 Å². The molecule has 0 radical (unpaired) electrons. The fourth-order valence-corrected chi connectivity index (χ4v) is 1.15. The highest BCUT2D eigenvalue weighted by atomic mass is 16.6. The Morgan fingerprint density at radius 3 is 2.80 bits per heavy atom. The molecule has 0 aromatic carbocycles. The fourth-order valence-electron chi connectivity index (χ4n) is 1.15. The Morgan fingerprint density at radius 2 is 2.40 bits per heavy atom. The Kier molecular flexibility index (Phi) is 2.14. The van der Waals surface area contributed by atoms with E-state index in [9.17, 15) is 4.79 Å². The molecule has 10 heavy (non-hydrogen) atoms. The Balaban J connectivity index is 2.38. The van der Waals surface area contributed by atoms with Crippen LogP contribution in [0.15, 0.2) is 0 Å². The lowest BCUT2D eigenvalue weighted by Crippen LogP contribution is -2.27. The zero-order valence-corrected chi connectivity index (χ0v) is 6.39. The van der Waals surface area contributed by atoms with Gasteiger partial charge in [-0.15, -0.1) is 0 Å². The molecule has 1 fully saturated rings. The van der Waals surface area contributed by atoms with Crippen molar-refractivity contribution in [3.63, 3.8) is 0 Å². The number of hydrogen-bond donors (Lipinski definition) is 1. The summed E-state index contributed by atoms with van der Waals surface area (Å²) in [5.74, 6) is 0. The van der Waals surface area contributed by atoms with Gasteiger partial charge in [-0.3, -0.25) is 0 Å². The lowest BCUT2D eigenvalue weighted by molar-refractivity contribution is 0.127. The monoisotopic (exact) mass is 143 g/mol. The first-order valence-corrected chi connectivity index (χ1v) is 3.71. The van der Waals surface area contributed by atoms with E-state index in [0.717, 1.165) is 12.8 Å². The summed E-state index contributed by atoms with van der Waals surface area (Å²) in [6.07, 6.45) is 1.84. The van der Waals surface area contributed by atoms with Gasteiger partial charge in [0.15, 0.2) is 0 Å². The highest BCUT2D eigenvalue weighted by molar-refractivity contribution is 5.70. The minimum Gasteiger partial charge on any atom is -0.444 e. The summed E-state index contributed by atoms with van der Waals surface area (Å²) in [6, 6.07) is 0.187. The van der Waals surface area contributed by atoms with Gasteiger partial charge in [-0.2, -0.15) is 0 Å². The molecule has 3 heteroatoms. The van der Waals surface area contributed by atoms with E-state index in [-0.39, 0.29) is 18.2 Å². The molecule has 1 heterocycles. The molecule has 0 bridgehead atoms. The molecule has 0 aromatic heterocycles. The number of carbonyl (C=O) groups excluding carboxylic acids is 1. The van der Waals surface area contributed by atoms with E-state index >= 15 is 0 Å². The Bertz CT molecular complexity index is 136. The Hall–Kier alpha value is -0.730. The molecule has 2 unspecified atom stereocenters. The molecule has 0 spiro atoms. The van der Waals surface area contributed by atoms with Gasteiger partial charge in [0.2, 0.25) is 0 Å². The van der Waals surface area contributed by atoms with Crippen LogP contribution >= 0.6 is 0 Å². The molecular weight excluding hydrogens is 130 g/mol. The molecule has 0 saturated carbocycles. The number of alkyl carbamates (subject to hydrolysis) is 1. The second-order valence-corrected chi connectivity index (χ2v) is 2.67. The molecule has 3 nitrogen and oxygen atoms in total. The van der Waals surface area contributed by atoms with E-state index in [1.165, 1.54) is 0 Å². The molecule has 0 aliphatic carbocycles. The van der Waals surface area contributed by atoms with Gasteiger partial charge in [0.25, 0.3) is 0 Å². The third kappa shape index (κ3) is 1.40. The predicted molar refractivity (Wildman–Crippen MR) is 37.8 cm³/mol. The molecule has 2 atom stereocenters. The SMILES string of the molecule is CCCC1OC(=O)NC1C. The molecule has 1 aliphatic rings. The number of cyclic esters (lactones) is 1. The van der Waals surface area contributed by atoms with Crippen LogP contribution in [-0.4, -0.2) is 18.2 Å². The van der Waals surface area contributed by atoms with E-state index in [1.807, 2.05) is 6.92 Å². The largest absolute Gasteiger partial charge is 0.444 e. The highest BCUT2D eigenvalue weighted by Gasteiger charge is 2.28. The average Bonchev–Trinajstić information content (AvgIpc) is 2.13. The van der Waals surface area contributed by atoms with Gasteiger partial charge in [0, 0.05) is 0 Å². The first kappa shape index (κ1) is 7.38. The molecule has 1 saturated heterocycles. The van der Waals surface area contributed by atoms with Crippen LogP contribution in [-0.2, 0) is 4.74 Å². The van der Waals surface area contributed by atoms with E-state index in [4.69, 9.17) is 4.74 Å². The van der Waals surface area contributed by atoms with Gasteiger partial charge in [0.1, 0.15) is 6.10 Å². The summed E-state index contributed by atoms with van der Waals surface area (Å²) in [5.41, 5.74) is 0. The number of carbonyl (C=O) groups is 1. The molecule has 0 aromatic rings. The van der Waals surface area contributed by atoms with Gasteiger partial charge in [-0.25, -0.2) is 4.79 Å². The first-order valence-electron chi connectivity index (χ1n) is 3.71. The number of nitrogens with one attached hydrogen (secondary N) is 1. The predicted octanol–water partition coefficient (Wildman–Crippen LogP) is 1.28. The van der Waals surface area contributed by atoms with E-state index in [0.29, 0.717) is 0 Å². The molecule has 1 N–H and O–H groups in total. The quantitative estimate of drug-likeness (QED) is 0.632. The third-order valence-electron chi connectivity index (χ3n) is 1.73. The standard InChI is InChI=1S/C7H13NO2/c1-3-4-6-5(2)8-7(9)10-6/h5-6H,3-4H2,1-2H3,(H,8,9). The lowest BCUT2D eigenvalue weighted by atomic mass is 10.1. The lowest BCUT2D eigenvalue weighted by Gasteiger charge is -2.09. The van der Waals surface area contributed by atoms with E-state index in [2.05, 4.69) is 12.2 Å². The molecule has 1 rings (SSSR count). The molecular formula is C7H13NO2. The second kappa shape index (κ2) is 2.90. The van der Waals surface area contributed by atoms with Crippen LogP contribution in [0.4, 0.5) is 4.79 Å². The first-order chi connectivity index (χ1) is 4.74. The van der Waals surface area contributed by atoms with Gasteiger partial charge in [-0.05, 0) is 13.3 Å². The van der Waals surface area contributed by atoms with Crippen molar-refractivity contribution in [1.29, 1.82) is 0 Å². The zero-order chi connectivity index (χ0) is 7.56. The highest BCUT2D eigenvalue weighted by Crippen LogP contribution is 2.12. The van der Waals surface area contributed by atoms with Gasteiger partial charge >= 0.3 is 6.09 Å². The van der Waals surface area contributed by atoms with Crippen molar-refractivity contribution in [1.82, 2.24) is 5.32 Å². The summed E-state index contributed by atoms with van der Waals surface area (Å²) in [5, 5.41) is 2.69. The van der Waals surface area contributed by atoms with Crippen molar-refractivity contribution < 1.29 is 9.53 Å². The van der Waals surface area contributed by atoms with Crippen LogP contribution in [0.2, 0.25) is 0 Å². The summed E-state index contributed by atoms with van der Waals surface area (Å²) in [7, 11) is 0. The Labute approximate surface area is 60.7 Å². The van der Waals surface area contributed by atoms with Gasteiger partial charge in [0.05, 0.1) is 6.04 Å². The fraction of sp³-hybridized carbons (Fsp3) is 0.857. The van der Waals surface area contributed by atoms with Crippen molar-refractivity contribution in [3.05, 3.63) is 0 Å². The van der Waals surface area contributed by atoms with Crippen molar-refractivity contribution in [2.24, 2.45) is 0 Å². The van der Waals surface area contributed by atoms with Crippen LogP contribution in [0.5, 0.6) is 0 Å². The zero-order valence-electron chi connectivity index (χ0n) is 6.39. The smallest absolute Gasteiger partial charge is 0.407 e. The topological polar surface area (TPSA) is 38.3 Å². The third-order valence-corrected chi connectivity index (χ3v) is 1.73. The average molecular weight is 143 g/mol. The number of ether oxygens (including phenoxy) is 1. The maximum Gasteiger partial charge on any atom is 0.407 e. The number of rotatable bonds is 2. The minimum atomic E-state index is -0.272. The minimum absolute atomic E-state index is 0.0949. The summed E-state index contributed by atoms with van der Waals surface area (Å²) in [4.78, 5) is 10.6. The molecule has 58 valence electrons. The molecule has 1 amide bonds. The van der Waals surface area contributed by atoms with Crippen molar-refractivity contribution in [3.8, 4) is 0 Å². The van der Waals surface area contributed by atoms with Crippen LogP contribution in [0.3, 0.4) is 0 Å². The maximum atomic E-state index is 10.6. The number of amides is 1. The van der Waals surface area contributed by atoms with Crippen molar-refractivity contribution in [2.45, 2.75) is 38.8 Å². The van der Waals surface area contributed by atoms with Crippen molar-refractivity contribution >= 4 is 6.09 Å². The van der Waals surface area contributed by atoms with Crippen LogP contribution in [0.1, 0.15) is 26.7 Å². The van der Waals surface area contributed by atoms with Gasteiger partial charge in [-0.1, -0.05) is 13.3 Å². The normalized spacial score (nSPS) is 31.6. The summed E-state index contributed by atoms with van der Waals surface area (Å²) < 4.78 is 4.96. The van der Waals surface area contributed by atoms with Crippen LogP contribution in [0, 0.1) is 0 Å². The second-order valence-electron chi connectivity index (χ2n) is 2.67. The van der Waals surface area contributed by atoms with E-state index in [1.54, 1.807) is 0 Å². The Morgan fingerprint density at radius 1 is 1.70 bits per heavy atom. The van der Waals surface area contributed by atoms with Crippen molar-refractivity contribution in [2.75, 3.05) is 0 Å². The maximum absolute atomic E-state index is 10.6.